The maximum Gasteiger partial charge on any atom is 0.255 e. The first-order valence-corrected chi connectivity index (χ1v) is 11.5. The number of imide groups is 1. The SMILES string of the molecule is O=C1CC[C@H](N2Cc3c(OCc4cc(CN5CCOCC5)ccc4F)cccc3C2=O)C(=O)N1. The summed E-state index contributed by atoms with van der Waals surface area (Å²) in [5.74, 6) is -0.918. The predicted octanol–water partition coefficient (Wildman–Crippen LogP) is 2.00. The van der Waals surface area contributed by atoms with E-state index in [4.69, 9.17) is 9.47 Å². The standard InChI is InChI=1S/C25H26FN3O5/c26-20-5-4-16(13-28-8-10-33-11-9-28)12-17(20)15-34-22-3-1-2-18-19(22)14-29(25(18)32)21-6-7-23(30)27-24(21)31/h1-5,12,21H,6-11,13-15H2,(H,27,30,31)/t21-/m0/s1. The minimum atomic E-state index is -0.695. The molecule has 3 aliphatic heterocycles. The summed E-state index contributed by atoms with van der Waals surface area (Å²) in [4.78, 5) is 40.5. The zero-order valence-corrected chi connectivity index (χ0v) is 18.7. The number of ether oxygens (including phenoxy) is 2. The third kappa shape index (κ3) is 4.53. The molecular formula is C25H26FN3O5. The van der Waals surface area contributed by atoms with Crippen LogP contribution < -0.4 is 10.1 Å². The summed E-state index contributed by atoms with van der Waals surface area (Å²) in [7, 11) is 0. The molecular weight excluding hydrogens is 441 g/mol. The van der Waals surface area contributed by atoms with Crippen molar-refractivity contribution in [3.63, 3.8) is 0 Å². The van der Waals surface area contributed by atoms with Crippen LogP contribution in [0.3, 0.4) is 0 Å². The Morgan fingerprint density at radius 3 is 2.74 bits per heavy atom. The van der Waals surface area contributed by atoms with E-state index in [0.29, 0.717) is 48.6 Å². The minimum Gasteiger partial charge on any atom is -0.488 e. The van der Waals surface area contributed by atoms with Gasteiger partial charge in [-0.05, 0) is 36.2 Å². The number of hydrogen-bond donors (Lipinski definition) is 1. The number of nitrogens with zero attached hydrogens (tertiary/aromatic N) is 2. The van der Waals surface area contributed by atoms with Gasteiger partial charge in [-0.2, -0.15) is 0 Å². The van der Waals surface area contributed by atoms with E-state index < -0.39 is 11.9 Å². The van der Waals surface area contributed by atoms with Crippen LogP contribution in [0.15, 0.2) is 36.4 Å². The van der Waals surface area contributed by atoms with Gasteiger partial charge in [0.25, 0.3) is 5.91 Å². The summed E-state index contributed by atoms with van der Waals surface area (Å²) in [5.41, 5.74) is 2.57. The topological polar surface area (TPSA) is 88.2 Å². The molecule has 0 bridgehead atoms. The number of fused-ring (bicyclic) bond motifs is 1. The monoisotopic (exact) mass is 467 g/mol. The highest BCUT2D eigenvalue weighted by atomic mass is 19.1. The highest BCUT2D eigenvalue weighted by molar-refractivity contribution is 6.05. The molecule has 2 aromatic rings. The van der Waals surface area contributed by atoms with Gasteiger partial charge in [0.15, 0.2) is 0 Å². The van der Waals surface area contributed by atoms with Crippen molar-refractivity contribution < 1.29 is 28.2 Å². The number of piperidine rings is 1. The molecule has 9 heteroatoms. The molecule has 8 nitrogen and oxygen atoms in total. The Kier molecular flexibility index (Phi) is 6.30. The highest BCUT2D eigenvalue weighted by Crippen LogP contribution is 2.34. The molecule has 3 heterocycles. The van der Waals surface area contributed by atoms with Gasteiger partial charge in [0.05, 0.1) is 19.8 Å². The van der Waals surface area contributed by atoms with Gasteiger partial charge < -0.3 is 14.4 Å². The lowest BCUT2D eigenvalue weighted by Crippen LogP contribution is -2.52. The predicted molar refractivity (Wildman–Crippen MR) is 119 cm³/mol. The third-order valence-electron chi connectivity index (χ3n) is 6.54. The maximum atomic E-state index is 14.5. The lowest BCUT2D eigenvalue weighted by molar-refractivity contribution is -0.136. The zero-order valence-electron chi connectivity index (χ0n) is 18.7. The number of benzene rings is 2. The number of hydrogen-bond acceptors (Lipinski definition) is 6. The Hall–Kier alpha value is -3.30. The van der Waals surface area contributed by atoms with E-state index in [1.807, 2.05) is 6.07 Å². The molecule has 3 amide bonds. The number of halogens is 1. The van der Waals surface area contributed by atoms with Crippen LogP contribution in [-0.4, -0.2) is 59.9 Å². The van der Waals surface area contributed by atoms with Crippen LogP contribution in [0.1, 0.15) is 39.9 Å². The Morgan fingerprint density at radius 2 is 1.94 bits per heavy atom. The van der Waals surface area contributed by atoms with Crippen molar-refractivity contribution in [2.24, 2.45) is 0 Å². The number of carbonyl (C=O) groups excluding carboxylic acids is 3. The molecule has 0 spiro atoms. The minimum absolute atomic E-state index is 0.0197. The van der Waals surface area contributed by atoms with Crippen molar-refractivity contribution in [2.75, 3.05) is 26.3 Å². The lowest BCUT2D eigenvalue weighted by Gasteiger charge is -2.29. The first-order chi connectivity index (χ1) is 16.5. The smallest absolute Gasteiger partial charge is 0.255 e. The van der Waals surface area contributed by atoms with E-state index in [1.165, 1.54) is 11.0 Å². The van der Waals surface area contributed by atoms with Crippen LogP contribution in [-0.2, 0) is 34.0 Å². The normalized spacial score (nSPS) is 20.9. The number of carbonyl (C=O) groups is 3. The van der Waals surface area contributed by atoms with E-state index in [0.717, 1.165) is 18.7 Å². The molecule has 2 saturated heterocycles. The summed E-state index contributed by atoms with van der Waals surface area (Å²) >= 11 is 0. The molecule has 1 N–H and O–H groups in total. The molecule has 1 atom stereocenters. The molecule has 0 aliphatic carbocycles. The van der Waals surface area contributed by atoms with Crippen molar-refractivity contribution in [1.29, 1.82) is 0 Å². The van der Waals surface area contributed by atoms with Crippen molar-refractivity contribution in [2.45, 2.75) is 38.6 Å². The van der Waals surface area contributed by atoms with Crippen LogP contribution in [0.2, 0.25) is 0 Å². The second-order valence-corrected chi connectivity index (χ2v) is 8.79. The molecule has 2 fully saturated rings. The van der Waals surface area contributed by atoms with Gasteiger partial charge in [-0.1, -0.05) is 12.1 Å². The van der Waals surface area contributed by atoms with E-state index in [-0.39, 0.29) is 37.2 Å². The van der Waals surface area contributed by atoms with Gasteiger partial charge in [0.1, 0.15) is 24.2 Å². The van der Waals surface area contributed by atoms with E-state index >= 15 is 0 Å². The maximum absolute atomic E-state index is 14.5. The van der Waals surface area contributed by atoms with Crippen LogP contribution in [0, 0.1) is 5.82 Å². The first kappa shape index (κ1) is 22.5. The molecule has 2 aromatic carbocycles. The fraction of sp³-hybridized carbons (Fsp3) is 0.400. The van der Waals surface area contributed by atoms with Crippen LogP contribution in [0.4, 0.5) is 4.39 Å². The molecule has 0 saturated carbocycles. The second-order valence-electron chi connectivity index (χ2n) is 8.79. The highest BCUT2D eigenvalue weighted by Gasteiger charge is 2.40. The Labute approximate surface area is 196 Å². The van der Waals surface area contributed by atoms with Crippen LogP contribution in [0.5, 0.6) is 5.75 Å². The summed E-state index contributed by atoms with van der Waals surface area (Å²) in [6.07, 6.45) is 0.488. The van der Waals surface area contributed by atoms with Crippen LogP contribution >= 0.6 is 0 Å². The number of morpholine rings is 1. The fourth-order valence-electron chi connectivity index (χ4n) is 4.70. The van der Waals surface area contributed by atoms with Crippen molar-refractivity contribution in [3.05, 3.63) is 64.5 Å². The van der Waals surface area contributed by atoms with Gasteiger partial charge in [0, 0.05) is 42.7 Å². The molecule has 34 heavy (non-hydrogen) atoms. The Bertz CT molecular complexity index is 1130. The van der Waals surface area contributed by atoms with Crippen molar-refractivity contribution >= 4 is 17.7 Å². The second kappa shape index (κ2) is 9.52. The van der Waals surface area contributed by atoms with Crippen molar-refractivity contribution in [1.82, 2.24) is 15.1 Å². The summed E-state index contributed by atoms with van der Waals surface area (Å²) in [6.45, 7) is 4.03. The summed E-state index contributed by atoms with van der Waals surface area (Å²) in [6, 6.07) is 9.51. The van der Waals surface area contributed by atoms with Gasteiger partial charge in [-0.3, -0.25) is 24.6 Å². The van der Waals surface area contributed by atoms with Gasteiger partial charge in [-0.15, -0.1) is 0 Å². The molecule has 5 rings (SSSR count). The first-order valence-electron chi connectivity index (χ1n) is 11.5. The Morgan fingerprint density at radius 1 is 1.12 bits per heavy atom. The number of amides is 3. The summed E-state index contributed by atoms with van der Waals surface area (Å²) < 4.78 is 25.9. The number of nitrogens with one attached hydrogen (secondary N) is 1. The zero-order chi connectivity index (χ0) is 23.7. The van der Waals surface area contributed by atoms with Gasteiger partial charge in [-0.25, -0.2) is 4.39 Å². The number of rotatable bonds is 6. The molecule has 3 aliphatic rings. The summed E-state index contributed by atoms with van der Waals surface area (Å²) in [5, 5.41) is 2.30. The van der Waals surface area contributed by atoms with E-state index in [9.17, 15) is 18.8 Å². The molecule has 0 aromatic heterocycles. The fourth-order valence-corrected chi connectivity index (χ4v) is 4.70. The third-order valence-corrected chi connectivity index (χ3v) is 6.54. The average molecular weight is 467 g/mol. The van der Waals surface area contributed by atoms with Crippen LogP contribution in [0.25, 0.3) is 0 Å². The lowest BCUT2D eigenvalue weighted by atomic mass is 10.0. The van der Waals surface area contributed by atoms with E-state index in [1.54, 1.807) is 24.3 Å². The molecule has 0 unspecified atom stereocenters. The molecule has 178 valence electrons. The largest absolute Gasteiger partial charge is 0.488 e. The van der Waals surface area contributed by atoms with Gasteiger partial charge in [0.2, 0.25) is 11.8 Å². The van der Waals surface area contributed by atoms with E-state index in [2.05, 4.69) is 10.2 Å². The molecule has 0 radical (unpaired) electrons. The quantitative estimate of drug-likeness (QED) is 0.654. The van der Waals surface area contributed by atoms with Gasteiger partial charge >= 0.3 is 0 Å². The van der Waals surface area contributed by atoms with Crippen molar-refractivity contribution in [3.8, 4) is 5.75 Å². The average Bonchev–Trinajstić information content (AvgIpc) is 3.17. The Balaban J connectivity index is 1.29.